The molecule has 1 N–H and O–H groups in total. The minimum atomic E-state index is 0. The van der Waals surface area contributed by atoms with Gasteiger partial charge in [-0.3, -0.25) is 0 Å². The molecule has 2 heteroatoms. The van der Waals surface area contributed by atoms with Gasteiger partial charge in [-0.05, 0) is 23.1 Å². The normalized spacial score (nSPS) is 10.6. The molecule has 0 unspecified atom stereocenters. The summed E-state index contributed by atoms with van der Waals surface area (Å²) in [6, 6.07) is 7.35. The van der Waals surface area contributed by atoms with Crippen LogP contribution in [0.15, 0.2) is 24.3 Å². The Morgan fingerprint density at radius 1 is 1.08 bits per heavy atom. The summed E-state index contributed by atoms with van der Waals surface area (Å²) in [5, 5.41) is 9.02. The molecule has 0 aliphatic carbocycles. The smallest absolute Gasteiger partial charge is 1.00 e. The van der Waals surface area contributed by atoms with Crippen LogP contribution in [0.3, 0.4) is 0 Å². The maximum atomic E-state index is 9.02. The van der Waals surface area contributed by atoms with E-state index < -0.39 is 0 Å². The molecule has 1 rings (SSSR count). The minimum absolute atomic E-state index is 0. The number of hydrogen-bond donors (Lipinski definition) is 1. The van der Waals surface area contributed by atoms with Crippen molar-refractivity contribution in [2.24, 2.45) is 0 Å². The Balaban J connectivity index is 0. The Morgan fingerprint density at radius 2 is 1.50 bits per heavy atom. The van der Waals surface area contributed by atoms with E-state index in [4.69, 9.17) is 5.11 Å². The molecule has 0 heterocycles. The van der Waals surface area contributed by atoms with Crippen LogP contribution in [0.25, 0.3) is 0 Å². The van der Waals surface area contributed by atoms with Crippen LogP contribution >= 0.6 is 0 Å². The third-order valence-corrected chi connectivity index (χ3v) is 1.73. The quantitative estimate of drug-likeness (QED) is 0.540. The molecular formula is C10H15NaO. The van der Waals surface area contributed by atoms with Gasteiger partial charge in [-0.1, -0.05) is 32.9 Å². The van der Waals surface area contributed by atoms with Crippen LogP contribution in [0.2, 0.25) is 0 Å². The molecule has 0 radical (unpaired) electrons. The van der Waals surface area contributed by atoms with Crippen molar-refractivity contribution < 1.29 is 36.1 Å². The Bertz CT molecular complexity index is 238. The number of phenols is 1. The third-order valence-electron chi connectivity index (χ3n) is 1.73. The largest absolute Gasteiger partial charge is 1.00 e. The van der Waals surface area contributed by atoms with Crippen molar-refractivity contribution >= 4 is 0 Å². The van der Waals surface area contributed by atoms with Gasteiger partial charge in [0.15, 0.2) is 0 Å². The second-order valence-electron chi connectivity index (χ2n) is 3.80. The first-order valence-electron chi connectivity index (χ1n) is 3.79. The van der Waals surface area contributed by atoms with Crippen molar-refractivity contribution in [3.05, 3.63) is 29.8 Å². The fourth-order valence-corrected chi connectivity index (χ4v) is 0.961. The van der Waals surface area contributed by atoms with Gasteiger partial charge in [0.25, 0.3) is 0 Å². The number of hydrogen-bond acceptors (Lipinski definition) is 1. The van der Waals surface area contributed by atoms with Crippen molar-refractivity contribution in [3.8, 4) is 5.75 Å². The summed E-state index contributed by atoms with van der Waals surface area (Å²) >= 11 is 0. The maximum Gasteiger partial charge on any atom is 1.00 e. The van der Waals surface area contributed by atoms with Gasteiger partial charge in [0.05, 0.1) is 0 Å². The van der Waals surface area contributed by atoms with Crippen LogP contribution in [0.4, 0.5) is 0 Å². The van der Waals surface area contributed by atoms with Crippen molar-refractivity contribution in [2.45, 2.75) is 26.2 Å². The zero-order valence-corrected chi connectivity index (χ0v) is 10.3. The molecule has 0 fully saturated rings. The molecule has 0 aromatic heterocycles. The molecule has 0 atom stereocenters. The molecule has 0 saturated heterocycles. The summed E-state index contributed by atoms with van der Waals surface area (Å²) in [6.07, 6.45) is 0. The molecule has 12 heavy (non-hydrogen) atoms. The van der Waals surface area contributed by atoms with Crippen molar-refractivity contribution in [1.29, 1.82) is 0 Å². The summed E-state index contributed by atoms with van der Waals surface area (Å²) in [5.41, 5.74) is 1.42. The third kappa shape index (κ3) is 3.18. The van der Waals surface area contributed by atoms with E-state index in [0.29, 0.717) is 5.75 Å². The maximum absolute atomic E-state index is 9.02. The summed E-state index contributed by atoms with van der Waals surface area (Å²) in [5.74, 6) is 0.331. The summed E-state index contributed by atoms with van der Waals surface area (Å²) in [6.45, 7) is 6.46. The van der Waals surface area contributed by atoms with Crippen molar-refractivity contribution in [2.75, 3.05) is 0 Å². The standard InChI is InChI=1S/C10H14O.Na.H/c1-10(2,3)8-4-6-9(11)7-5-8;;/h4-7,11H,1-3H3;;/q;+1;-1. The van der Waals surface area contributed by atoms with Crippen LogP contribution < -0.4 is 29.6 Å². The number of rotatable bonds is 0. The molecule has 0 aliphatic rings. The topological polar surface area (TPSA) is 20.2 Å². The van der Waals surface area contributed by atoms with Crippen LogP contribution in [0.5, 0.6) is 5.75 Å². The average molecular weight is 174 g/mol. The van der Waals surface area contributed by atoms with E-state index in [9.17, 15) is 0 Å². The first-order chi connectivity index (χ1) is 5.00. The Kier molecular flexibility index (Phi) is 4.32. The predicted octanol–water partition coefficient (Wildman–Crippen LogP) is -0.194. The first kappa shape index (κ1) is 12.0. The predicted molar refractivity (Wildman–Crippen MR) is 47.9 cm³/mol. The molecule has 0 spiro atoms. The van der Waals surface area contributed by atoms with Gasteiger partial charge in [-0.2, -0.15) is 0 Å². The number of phenolic OH excluding ortho intramolecular Hbond substituents is 1. The van der Waals surface area contributed by atoms with Crippen LogP contribution in [-0.4, -0.2) is 5.11 Å². The molecule has 0 amide bonds. The molecule has 0 bridgehead atoms. The van der Waals surface area contributed by atoms with E-state index in [1.165, 1.54) is 5.56 Å². The van der Waals surface area contributed by atoms with Gasteiger partial charge in [0.2, 0.25) is 0 Å². The summed E-state index contributed by atoms with van der Waals surface area (Å²) < 4.78 is 0. The minimum Gasteiger partial charge on any atom is -1.00 e. The molecular weight excluding hydrogens is 159 g/mol. The van der Waals surface area contributed by atoms with Crippen molar-refractivity contribution in [3.63, 3.8) is 0 Å². The van der Waals surface area contributed by atoms with Gasteiger partial charge in [-0.25, -0.2) is 0 Å². The van der Waals surface area contributed by atoms with E-state index >= 15 is 0 Å². The van der Waals surface area contributed by atoms with Gasteiger partial charge in [0.1, 0.15) is 5.75 Å². The molecule has 62 valence electrons. The monoisotopic (exact) mass is 174 g/mol. The number of aromatic hydroxyl groups is 1. The van der Waals surface area contributed by atoms with Gasteiger partial charge in [0, 0.05) is 0 Å². The van der Waals surface area contributed by atoms with E-state index in [1.54, 1.807) is 12.1 Å². The molecule has 0 saturated carbocycles. The van der Waals surface area contributed by atoms with Crippen LogP contribution in [-0.2, 0) is 5.41 Å². The zero-order chi connectivity index (χ0) is 8.48. The Labute approximate surface area is 97.6 Å². The van der Waals surface area contributed by atoms with Gasteiger partial charge < -0.3 is 6.53 Å². The van der Waals surface area contributed by atoms with E-state index in [1.807, 2.05) is 12.1 Å². The second kappa shape index (κ2) is 4.31. The Hall–Kier alpha value is 0.0200. The van der Waals surface area contributed by atoms with Crippen LogP contribution in [0, 0.1) is 0 Å². The van der Waals surface area contributed by atoms with E-state index in [-0.39, 0.29) is 36.4 Å². The fraction of sp³-hybridized carbons (Fsp3) is 0.400. The Morgan fingerprint density at radius 3 is 1.83 bits per heavy atom. The van der Waals surface area contributed by atoms with Crippen molar-refractivity contribution in [1.82, 2.24) is 0 Å². The molecule has 1 nitrogen and oxygen atoms in total. The summed E-state index contributed by atoms with van der Waals surface area (Å²) in [4.78, 5) is 0. The number of benzene rings is 1. The van der Waals surface area contributed by atoms with Gasteiger partial charge in [-0.15, -0.1) is 0 Å². The SMILES string of the molecule is CC(C)(C)c1ccc(O)cc1.[H-].[Na+]. The zero-order valence-electron chi connectivity index (χ0n) is 9.26. The fourth-order valence-electron chi connectivity index (χ4n) is 0.961. The summed E-state index contributed by atoms with van der Waals surface area (Å²) in [7, 11) is 0. The average Bonchev–Trinajstić information content (AvgIpc) is 1.86. The second-order valence-corrected chi connectivity index (χ2v) is 3.80. The van der Waals surface area contributed by atoms with Gasteiger partial charge >= 0.3 is 29.6 Å². The van der Waals surface area contributed by atoms with Crippen LogP contribution in [0.1, 0.15) is 27.8 Å². The van der Waals surface area contributed by atoms with E-state index in [2.05, 4.69) is 20.8 Å². The molecule has 0 aliphatic heterocycles. The molecule has 1 aromatic carbocycles. The molecule has 1 aromatic rings. The van der Waals surface area contributed by atoms with E-state index in [0.717, 1.165) is 0 Å². The first-order valence-corrected chi connectivity index (χ1v) is 3.79.